The van der Waals surface area contributed by atoms with Crippen LogP contribution in [-0.2, 0) is 11.3 Å². The zero-order valence-corrected chi connectivity index (χ0v) is 16.9. The molecule has 10 heteroatoms. The molecule has 2 N–H and O–H groups in total. The van der Waals surface area contributed by atoms with Gasteiger partial charge in [0, 0.05) is 43.8 Å². The predicted molar refractivity (Wildman–Crippen MR) is 106 cm³/mol. The molecule has 168 valence electrons. The fraction of sp³-hybridized carbons (Fsp3) is 0.476. The normalized spacial score (nSPS) is 18.5. The molecule has 2 aliphatic heterocycles. The van der Waals surface area contributed by atoms with E-state index in [2.05, 4.69) is 20.9 Å². The van der Waals surface area contributed by atoms with Crippen LogP contribution in [0.2, 0.25) is 0 Å². The van der Waals surface area contributed by atoms with Crippen LogP contribution >= 0.6 is 0 Å². The van der Waals surface area contributed by atoms with Gasteiger partial charge < -0.3 is 15.0 Å². The molecule has 2 aliphatic rings. The number of nitrogens with zero attached hydrogens (tertiary/aromatic N) is 3. The summed E-state index contributed by atoms with van der Waals surface area (Å²) in [4.78, 5) is 33.3. The number of carboxylic acids is 1. The highest BCUT2D eigenvalue weighted by Crippen LogP contribution is 2.39. The zero-order valence-electron chi connectivity index (χ0n) is 16.9. The minimum atomic E-state index is -5.08. The quantitative estimate of drug-likeness (QED) is 0.768. The topological polar surface area (TPSA) is 89.5 Å². The van der Waals surface area contributed by atoms with E-state index in [9.17, 15) is 18.0 Å². The summed E-state index contributed by atoms with van der Waals surface area (Å²) < 4.78 is 31.7. The number of hydrogen-bond acceptors (Lipinski definition) is 4. The summed E-state index contributed by atoms with van der Waals surface area (Å²) in [5.74, 6) is -2.63. The summed E-state index contributed by atoms with van der Waals surface area (Å²) in [6.45, 7) is 3.82. The van der Waals surface area contributed by atoms with Crippen molar-refractivity contribution in [2.45, 2.75) is 43.9 Å². The molecule has 0 bridgehead atoms. The minimum Gasteiger partial charge on any atom is -0.475 e. The summed E-state index contributed by atoms with van der Waals surface area (Å²) in [5.41, 5.74) is 2.25. The Morgan fingerprint density at radius 2 is 1.84 bits per heavy atom. The van der Waals surface area contributed by atoms with E-state index in [1.165, 1.54) is 18.4 Å². The highest BCUT2D eigenvalue weighted by molar-refractivity contribution is 5.92. The number of carboxylic acid groups (broad SMARTS) is 1. The number of aliphatic carboxylic acids is 1. The Hall–Kier alpha value is -2.88. The molecule has 2 aromatic heterocycles. The van der Waals surface area contributed by atoms with Gasteiger partial charge in [0.25, 0.3) is 5.91 Å². The second kappa shape index (κ2) is 9.51. The molecule has 4 rings (SSSR count). The number of aromatic amines is 1. The second-order valence-electron chi connectivity index (χ2n) is 7.79. The first-order valence-electron chi connectivity index (χ1n) is 10.1. The highest BCUT2D eigenvalue weighted by Gasteiger charge is 2.43. The first-order valence-corrected chi connectivity index (χ1v) is 10.1. The van der Waals surface area contributed by atoms with Crippen LogP contribution in [0.4, 0.5) is 13.2 Å². The van der Waals surface area contributed by atoms with Crippen LogP contribution in [0.5, 0.6) is 0 Å². The average Bonchev–Trinajstić information content (AvgIpc) is 3.40. The molecule has 2 fully saturated rings. The molecule has 2 saturated heterocycles. The molecule has 0 aromatic carbocycles. The largest absolute Gasteiger partial charge is 0.490 e. The molecule has 1 amide bonds. The van der Waals surface area contributed by atoms with Gasteiger partial charge in [-0.05, 0) is 56.0 Å². The van der Waals surface area contributed by atoms with Crippen molar-refractivity contribution in [3.8, 4) is 0 Å². The van der Waals surface area contributed by atoms with Gasteiger partial charge in [0.15, 0.2) is 0 Å². The zero-order chi connectivity index (χ0) is 22.5. The molecule has 0 aliphatic carbocycles. The van der Waals surface area contributed by atoms with E-state index in [-0.39, 0.29) is 11.4 Å². The fourth-order valence-electron chi connectivity index (χ4n) is 4.28. The highest BCUT2D eigenvalue weighted by atomic mass is 19.4. The number of hydrogen-bond donors (Lipinski definition) is 2. The third-order valence-electron chi connectivity index (χ3n) is 5.89. The molecular weight excluding hydrogens is 413 g/mol. The Morgan fingerprint density at radius 1 is 1.13 bits per heavy atom. The maximum atomic E-state index is 12.5. The number of pyridine rings is 1. The maximum Gasteiger partial charge on any atom is 0.490 e. The minimum absolute atomic E-state index is 0.131. The number of alkyl halides is 3. The summed E-state index contributed by atoms with van der Waals surface area (Å²) in [6.07, 6.45) is 5.16. The van der Waals surface area contributed by atoms with Crippen LogP contribution in [0.3, 0.4) is 0 Å². The molecule has 31 heavy (non-hydrogen) atoms. The van der Waals surface area contributed by atoms with Crippen molar-refractivity contribution in [2.75, 3.05) is 19.6 Å². The molecule has 7 nitrogen and oxygen atoms in total. The van der Waals surface area contributed by atoms with E-state index in [0.717, 1.165) is 39.0 Å². The van der Waals surface area contributed by atoms with Crippen LogP contribution in [0.1, 0.15) is 41.7 Å². The van der Waals surface area contributed by atoms with Crippen molar-refractivity contribution >= 4 is 11.9 Å². The molecule has 0 saturated carbocycles. The Balaban J connectivity index is 0.000000339. The number of halogens is 3. The Labute approximate surface area is 177 Å². The molecule has 0 radical (unpaired) electrons. The second-order valence-corrected chi connectivity index (χ2v) is 7.79. The number of nitrogens with one attached hydrogen (secondary N) is 1. The van der Waals surface area contributed by atoms with Crippen molar-refractivity contribution in [2.24, 2.45) is 0 Å². The lowest BCUT2D eigenvalue weighted by Gasteiger charge is -2.45. The lowest BCUT2D eigenvalue weighted by atomic mass is 9.84. The summed E-state index contributed by atoms with van der Waals surface area (Å²) in [6, 6.07) is 7.90. The third kappa shape index (κ3) is 5.63. The summed E-state index contributed by atoms with van der Waals surface area (Å²) >= 11 is 0. The van der Waals surface area contributed by atoms with Crippen molar-refractivity contribution < 1.29 is 27.9 Å². The van der Waals surface area contributed by atoms with Gasteiger partial charge in [-0.1, -0.05) is 6.07 Å². The van der Waals surface area contributed by atoms with Crippen molar-refractivity contribution in [1.29, 1.82) is 0 Å². The molecule has 1 spiro atoms. The number of aromatic nitrogens is 2. The number of carbonyl (C=O) groups is 2. The van der Waals surface area contributed by atoms with Crippen molar-refractivity contribution in [3.63, 3.8) is 0 Å². The van der Waals surface area contributed by atoms with Gasteiger partial charge in [0.05, 0.1) is 0 Å². The monoisotopic (exact) mass is 438 g/mol. The van der Waals surface area contributed by atoms with E-state index in [1.807, 2.05) is 41.7 Å². The van der Waals surface area contributed by atoms with Gasteiger partial charge in [0.2, 0.25) is 0 Å². The molecule has 2 aromatic rings. The molecule has 4 heterocycles. The van der Waals surface area contributed by atoms with E-state index >= 15 is 0 Å². The first kappa shape index (κ1) is 22.8. The van der Waals surface area contributed by atoms with Crippen LogP contribution in [-0.4, -0.2) is 68.1 Å². The lowest BCUT2D eigenvalue weighted by Crippen LogP contribution is -2.53. The Bertz CT molecular complexity index is 864. The van der Waals surface area contributed by atoms with Gasteiger partial charge in [-0.15, -0.1) is 0 Å². The predicted octanol–water partition coefficient (Wildman–Crippen LogP) is 3.31. The fourth-order valence-corrected chi connectivity index (χ4v) is 4.28. The van der Waals surface area contributed by atoms with E-state index in [0.29, 0.717) is 5.69 Å². The Kier molecular flexibility index (Phi) is 6.99. The van der Waals surface area contributed by atoms with Crippen LogP contribution < -0.4 is 0 Å². The van der Waals surface area contributed by atoms with Gasteiger partial charge in [-0.25, -0.2) is 4.79 Å². The van der Waals surface area contributed by atoms with Gasteiger partial charge in [-0.3, -0.25) is 14.7 Å². The lowest BCUT2D eigenvalue weighted by molar-refractivity contribution is -0.192. The molecule has 0 unspecified atom stereocenters. The SMILES string of the molecule is O=C(O)C(F)(F)F.O=C(c1ccc[nH]1)N1CCC2(CCCN2Cc2cccnc2)CC1. The number of amides is 1. The van der Waals surface area contributed by atoms with Crippen molar-refractivity contribution in [3.05, 3.63) is 54.1 Å². The van der Waals surface area contributed by atoms with Crippen molar-refractivity contribution in [1.82, 2.24) is 19.8 Å². The average molecular weight is 438 g/mol. The maximum absolute atomic E-state index is 12.5. The van der Waals surface area contributed by atoms with Crippen LogP contribution in [0.25, 0.3) is 0 Å². The van der Waals surface area contributed by atoms with Crippen LogP contribution in [0.15, 0.2) is 42.9 Å². The van der Waals surface area contributed by atoms with E-state index < -0.39 is 12.1 Å². The van der Waals surface area contributed by atoms with Gasteiger partial charge in [-0.2, -0.15) is 13.2 Å². The standard InChI is InChI=1S/C19H24N4O.C2HF3O2/c24-18(17-5-2-10-21-17)22-12-7-19(8-13-22)6-3-11-23(19)15-16-4-1-9-20-14-16;3-2(4,5)1(6)7/h1-2,4-5,9-10,14,21H,3,6-8,11-13,15H2;(H,6,7). The Morgan fingerprint density at radius 3 is 2.39 bits per heavy atom. The smallest absolute Gasteiger partial charge is 0.475 e. The number of carbonyl (C=O) groups excluding carboxylic acids is 1. The number of piperidine rings is 1. The summed E-state index contributed by atoms with van der Waals surface area (Å²) in [7, 11) is 0. The number of likely N-dealkylation sites (tertiary alicyclic amines) is 2. The van der Waals surface area contributed by atoms with Crippen LogP contribution in [0, 0.1) is 0 Å². The van der Waals surface area contributed by atoms with Gasteiger partial charge >= 0.3 is 12.1 Å². The first-order chi connectivity index (χ1) is 14.7. The molecule has 0 atom stereocenters. The number of rotatable bonds is 3. The molecular formula is C21H25F3N4O3. The van der Waals surface area contributed by atoms with E-state index in [1.54, 1.807) is 0 Å². The van der Waals surface area contributed by atoms with Gasteiger partial charge in [0.1, 0.15) is 5.69 Å². The third-order valence-corrected chi connectivity index (χ3v) is 5.89. The summed E-state index contributed by atoms with van der Waals surface area (Å²) in [5, 5.41) is 7.12. The van der Waals surface area contributed by atoms with E-state index in [4.69, 9.17) is 9.90 Å². The number of H-pyrrole nitrogens is 1.